The van der Waals surface area contributed by atoms with E-state index < -0.39 is 12.7 Å². The van der Waals surface area contributed by atoms with Gasteiger partial charge in [0.05, 0.1) is 13.1 Å². The molecule has 0 amide bonds. The monoisotopic (exact) mass is 378 g/mol. The average molecular weight is 378 g/mol. The third-order valence-electron chi connectivity index (χ3n) is 3.51. The van der Waals surface area contributed by atoms with Gasteiger partial charge in [-0.25, -0.2) is 4.39 Å². The van der Waals surface area contributed by atoms with E-state index >= 15 is 0 Å². The maximum absolute atomic E-state index is 13.2. The molecule has 0 aliphatic carbocycles. The molecule has 0 bridgehead atoms. The van der Waals surface area contributed by atoms with Crippen molar-refractivity contribution in [3.63, 3.8) is 0 Å². The molecule has 0 fully saturated rings. The predicted octanol–water partition coefficient (Wildman–Crippen LogP) is 2.64. The molecule has 148 valence electrons. The highest BCUT2D eigenvalue weighted by molar-refractivity contribution is 5.79. The number of hydrogen-bond donors (Lipinski definition) is 2. The smallest absolute Gasteiger partial charge is 0.401 e. The summed E-state index contributed by atoms with van der Waals surface area (Å²) in [5, 5.41) is 6.01. The van der Waals surface area contributed by atoms with Gasteiger partial charge in [0.1, 0.15) is 17.7 Å². The van der Waals surface area contributed by atoms with Crippen molar-refractivity contribution in [3.8, 4) is 5.75 Å². The van der Waals surface area contributed by atoms with Crippen molar-refractivity contribution in [2.45, 2.75) is 25.6 Å². The van der Waals surface area contributed by atoms with Crippen LogP contribution in [0.1, 0.15) is 13.3 Å². The number of aliphatic imine (C=N–C) groups is 1. The Bertz CT molecular complexity index is 566. The van der Waals surface area contributed by atoms with E-state index in [1.54, 1.807) is 19.2 Å². The van der Waals surface area contributed by atoms with Gasteiger partial charge in [0.2, 0.25) is 0 Å². The van der Waals surface area contributed by atoms with Gasteiger partial charge < -0.3 is 15.4 Å². The molecule has 1 unspecified atom stereocenters. The number of halogens is 4. The number of benzene rings is 1. The van der Waals surface area contributed by atoms with E-state index in [9.17, 15) is 17.6 Å². The van der Waals surface area contributed by atoms with Crippen LogP contribution in [0.3, 0.4) is 0 Å². The molecule has 0 heterocycles. The first-order valence-corrected chi connectivity index (χ1v) is 8.35. The van der Waals surface area contributed by atoms with Crippen LogP contribution in [0.4, 0.5) is 17.6 Å². The lowest BCUT2D eigenvalue weighted by Crippen LogP contribution is -2.45. The lowest BCUT2D eigenvalue weighted by Gasteiger charge is -2.21. The van der Waals surface area contributed by atoms with Gasteiger partial charge in [-0.2, -0.15) is 13.2 Å². The van der Waals surface area contributed by atoms with Crippen molar-refractivity contribution in [1.29, 1.82) is 0 Å². The van der Waals surface area contributed by atoms with Crippen LogP contribution < -0.4 is 15.4 Å². The molecule has 1 aromatic carbocycles. The summed E-state index contributed by atoms with van der Waals surface area (Å²) < 4.78 is 55.7. The number of nitrogens with zero attached hydrogens (tertiary/aromatic N) is 2. The van der Waals surface area contributed by atoms with E-state index in [-0.39, 0.29) is 18.5 Å². The largest absolute Gasteiger partial charge is 0.489 e. The molecule has 2 N–H and O–H groups in total. The topological polar surface area (TPSA) is 48.9 Å². The molecule has 9 heteroatoms. The zero-order valence-electron chi connectivity index (χ0n) is 15.2. The van der Waals surface area contributed by atoms with Gasteiger partial charge in [-0.15, -0.1) is 0 Å². The van der Waals surface area contributed by atoms with Crippen molar-refractivity contribution in [3.05, 3.63) is 30.1 Å². The van der Waals surface area contributed by atoms with Gasteiger partial charge in [-0.3, -0.25) is 9.89 Å². The number of likely N-dealkylation sites (N-methyl/N-ethyl adjacent to an activating group) is 1. The summed E-state index contributed by atoms with van der Waals surface area (Å²) in [6.45, 7) is 1.93. The number of hydrogen-bond acceptors (Lipinski definition) is 3. The first-order valence-electron chi connectivity index (χ1n) is 8.35. The fourth-order valence-electron chi connectivity index (χ4n) is 2.18. The van der Waals surface area contributed by atoms with E-state index in [0.717, 1.165) is 0 Å². The number of ether oxygens (including phenoxy) is 1. The minimum atomic E-state index is -4.21. The number of alkyl halides is 3. The van der Waals surface area contributed by atoms with E-state index in [1.807, 2.05) is 6.92 Å². The highest BCUT2D eigenvalue weighted by Gasteiger charge is 2.28. The van der Waals surface area contributed by atoms with Gasteiger partial charge in [0.15, 0.2) is 5.96 Å². The highest BCUT2D eigenvalue weighted by Crippen LogP contribution is 2.15. The molecule has 0 saturated carbocycles. The molecular formula is C17H26F4N4O. The molecule has 0 radical (unpaired) electrons. The maximum Gasteiger partial charge on any atom is 0.401 e. The van der Waals surface area contributed by atoms with Crippen LogP contribution in [-0.2, 0) is 0 Å². The fraction of sp³-hybridized carbons (Fsp3) is 0.588. The van der Waals surface area contributed by atoms with Crippen molar-refractivity contribution in [1.82, 2.24) is 15.5 Å². The van der Waals surface area contributed by atoms with Gasteiger partial charge in [0.25, 0.3) is 0 Å². The molecule has 1 rings (SSSR count). The molecule has 1 atom stereocenters. The van der Waals surface area contributed by atoms with Gasteiger partial charge in [0, 0.05) is 26.2 Å². The highest BCUT2D eigenvalue weighted by atomic mass is 19.4. The predicted molar refractivity (Wildman–Crippen MR) is 94.0 cm³/mol. The maximum atomic E-state index is 13.2. The second-order valence-corrected chi connectivity index (χ2v) is 5.84. The normalized spacial score (nSPS) is 13.6. The van der Waals surface area contributed by atoms with Crippen molar-refractivity contribution >= 4 is 5.96 Å². The van der Waals surface area contributed by atoms with Crippen LogP contribution in [0.25, 0.3) is 0 Å². The zero-order chi connectivity index (χ0) is 19.6. The van der Waals surface area contributed by atoms with E-state index in [2.05, 4.69) is 15.6 Å². The van der Waals surface area contributed by atoms with Crippen LogP contribution in [-0.4, -0.2) is 63.4 Å². The van der Waals surface area contributed by atoms with E-state index in [1.165, 1.54) is 24.1 Å². The molecule has 0 aliphatic rings. The minimum absolute atomic E-state index is 0.205. The summed E-state index contributed by atoms with van der Waals surface area (Å²) in [4.78, 5) is 5.21. The first kappa shape index (κ1) is 22.0. The Labute approximate surface area is 151 Å². The molecule has 0 saturated heterocycles. The molecule has 0 spiro atoms. The lowest BCUT2D eigenvalue weighted by atomic mass is 10.2. The number of guanidine groups is 1. The number of rotatable bonds is 9. The molecule has 0 aromatic heterocycles. The van der Waals surface area contributed by atoms with Crippen molar-refractivity contribution in [2.24, 2.45) is 4.99 Å². The second-order valence-electron chi connectivity index (χ2n) is 5.84. The Balaban J connectivity index is 2.37. The third kappa shape index (κ3) is 9.45. The van der Waals surface area contributed by atoms with Crippen LogP contribution in [0.15, 0.2) is 29.3 Å². The summed E-state index contributed by atoms with van der Waals surface area (Å²) >= 11 is 0. The SMILES string of the molecule is CCC(CNC(=NC)NCCN(C)CC(F)(F)F)Oc1cccc(F)c1. The van der Waals surface area contributed by atoms with Crippen LogP contribution in [0, 0.1) is 5.82 Å². The first-order chi connectivity index (χ1) is 12.2. The second kappa shape index (κ2) is 10.8. The minimum Gasteiger partial charge on any atom is -0.489 e. The summed E-state index contributed by atoms with van der Waals surface area (Å²) in [6, 6.07) is 5.90. The van der Waals surface area contributed by atoms with Crippen LogP contribution in [0.2, 0.25) is 0 Å². The molecule has 1 aromatic rings. The van der Waals surface area contributed by atoms with Gasteiger partial charge >= 0.3 is 6.18 Å². The van der Waals surface area contributed by atoms with E-state index in [4.69, 9.17) is 4.74 Å². The van der Waals surface area contributed by atoms with E-state index in [0.29, 0.717) is 31.2 Å². The summed E-state index contributed by atoms with van der Waals surface area (Å²) in [5.41, 5.74) is 0. The molecule has 26 heavy (non-hydrogen) atoms. The Morgan fingerprint density at radius 1 is 1.31 bits per heavy atom. The van der Waals surface area contributed by atoms with Gasteiger partial charge in [-0.1, -0.05) is 13.0 Å². The Morgan fingerprint density at radius 3 is 2.62 bits per heavy atom. The standard InChI is InChI=1S/C17H26F4N4O/c1-4-14(26-15-7-5-6-13(18)10-15)11-24-16(22-2)23-8-9-25(3)12-17(19,20)21/h5-7,10,14H,4,8-9,11-12H2,1-3H3,(H2,22,23,24). The third-order valence-corrected chi connectivity index (χ3v) is 3.51. The fourth-order valence-corrected chi connectivity index (χ4v) is 2.18. The zero-order valence-corrected chi connectivity index (χ0v) is 15.2. The Morgan fingerprint density at radius 2 is 2.04 bits per heavy atom. The Kier molecular flexibility index (Phi) is 9.18. The molecule has 0 aliphatic heterocycles. The van der Waals surface area contributed by atoms with Crippen molar-refractivity contribution < 1.29 is 22.3 Å². The quantitative estimate of drug-likeness (QED) is 0.394. The van der Waals surface area contributed by atoms with Crippen molar-refractivity contribution in [2.75, 3.05) is 40.3 Å². The number of nitrogens with one attached hydrogen (secondary N) is 2. The Hall–Kier alpha value is -2.03. The summed E-state index contributed by atoms with van der Waals surface area (Å²) in [7, 11) is 2.98. The van der Waals surface area contributed by atoms with Crippen LogP contribution in [0.5, 0.6) is 5.75 Å². The summed E-state index contributed by atoms with van der Waals surface area (Å²) in [5.74, 6) is 0.535. The molecular weight excluding hydrogens is 352 g/mol. The summed E-state index contributed by atoms with van der Waals surface area (Å²) in [6.07, 6.45) is -3.73. The lowest BCUT2D eigenvalue weighted by molar-refractivity contribution is -0.142. The van der Waals surface area contributed by atoms with Gasteiger partial charge in [-0.05, 0) is 25.6 Å². The van der Waals surface area contributed by atoms with Crippen LogP contribution >= 0.6 is 0 Å². The molecule has 5 nitrogen and oxygen atoms in total. The average Bonchev–Trinajstić information content (AvgIpc) is 2.55.